The number of thiazole rings is 1. The van der Waals surface area contributed by atoms with E-state index in [9.17, 15) is 10.2 Å². The molecule has 29 heavy (non-hydrogen) atoms. The molecule has 1 aliphatic rings. The summed E-state index contributed by atoms with van der Waals surface area (Å²) in [7, 11) is 0. The first kappa shape index (κ1) is 22.9. The van der Waals surface area contributed by atoms with Crippen LogP contribution in [0.25, 0.3) is 0 Å². The summed E-state index contributed by atoms with van der Waals surface area (Å²) in [6, 6.07) is 6.24. The number of halogens is 1. The molecule has 2 aromatic rings. The largest absolute Gasteiger partial charge is 0.493 e. The van der Waals surface area contributed by atoms with Crippen LogP contribution in [0.1, 0.15) is 60.5 Å². The normalized spacial score (nSPS) is 22.7. The van der Waals surface area contributed by atoms with Crippen LogP contribution in [0.15, 0.2) is 23.6 Å². The number of aliphatic hydroxyl groups is 2. The molecule has 0 unspecified atom stereocenters. The Balaban J connectivity index is 1.57. The van der Waals surface area contributed by atoms with Gasteiger partial charge in [0.2, 0.25) is 0 Å². The fraction of sp³-hybridized carbons (Fsp3) is 0.591. The number of benzene rings is 1. The maximum absolute atomic E-state index is 10.5. The van der Waals surface area contributed by atoms with Crippen molar-refractivity contribution in [2.75, 3.05) is 6.61 Å². The van der Waals surface area contributed by atoms with Gasteiger partial charge >= 0.3 is 0 Å². The second kappa shape index (κ2) is 11.0. The Morgan fingerprint density at radius 1 is 1.34 bits per heavy atom. The molecule has 1 aliphatic carbocycles. The molecule has 4 atom stereocenters. The third kappa shape index (κ3) is 5.91. The maximum Gasteiger partial charge on any atom is 0.123 e. The highest BCUT2D eigenvalue weighted by molar-refractivity contribution is 14.1. The van der Waals surface area contributed by atoms with Crippen LogP contribution in [0.5, 0.6) is 5.75 Å². The second-order valence-corrected chi connectivity index (χ2v) is 9.21. The zero-order valence-corrected chi connectivity index (χ0v) is 20.0. The van der Waals surface area contributed by atoms with E-state index < -0.39 is 0 Å². The van der Waals surface area contributed by atoms with Crippen molar-refractivity contribution in [3.63, 3.8) is 0 Å². The van der Waals surface area contributed by atoms with Gasteiger partial charge in [-0.25, -0.2) is 4.98 Å². The number of ether oxygens (including phenoxy) is 1. The molecule has 1 aromatic heterocycles. The number of nitrogens with zero attached hydrogens (tertiary/aromatic N) is 1. The molecule has 1 saturated carbocycles. The Kier molecular flexibility index (Phi) is 8.73. The van der Waals surface area contributed by atoms with Gasteiger partial charge in [0.15, 0.2) is 0 Å². The van der Waals surface area contributed by atoms with Crippen LogP contribution >= 0.6 is 34.3 Å². The molecule has 0 saturated heterocycles. The van der Waals surface area contributed by atoms with Crippen LogP contribution in [0.3, 0.4) is 0 Å². The van der Waals surface area contributed by atoms with Crippen LogP contribution in [0.2, 0.25) is 0 Å². The lowest BCUT2D eigenvalue weighted by Gasteiger charge is -2.24. The molecule has 1 heterocycles. The van der Waals surface area contributed by atoms with Gasteiger partial charge in [-0.2, -0.15) is 0 Å². The molecule has 0 aliphatic heterocycles. The van der Waals surface area contributed by atoms with Crippen molar-refractivity contribution in [2.24, 2.45) is 11.8 Å². The Morgan fingerprint density at radius 2 is 2.17 bits per heavy atom. The summed E-state index contributed by atoms with van der Waals surface area (Å²) < 4.78 is 11.7. The van der Waals surface area contributed by atoms with Crippen LogP contribution < -0.4 is 4.74 Å². The van der Waals surface area contributed by atoms with Gasteiger partial charge in [0.25, 0.3) is 0 Å². The van der Waals surface area contributed by atoms with Gasteiger partial charge in [0.05, 0.1) is 25.0 Å². The molecule has 1 fully saturated rings. The summed E-state index contributed by atoms with van der Waals surface area (Å²) in [5.74, 6) is 1.44. The third-order valence-electron chi connectivity index (χ3n) is 5.99. The molecule has 5 nitrogen and oxygen atoms in total. The van der Waals surface area contributed by atoms with E-state index in [0.717, 1.165) is 42.9 Å². The monoisotopic (exact) mass is 531 g/mol. The van der Waals surface area contributed by atoms with Crippen molar-refractivity contribution in [2.45, 2.75) is 64.8 Å². The zero-order valence-electron chi connectivity index (χ0n) is 17.0. The fourth-order valence-corrected chi connectivity index (χ4v) is 5.70. The highest BCUT2D eigenvalue weighted by Gasteiger charge is 2.36. The maximum atomic E-state index is 10.5. The van der Waals surface area contributed by atoms with E-state index in [1.165, 1.54) is 22.5 Å². The summed E-state index contributed by atoms with van der Waals surface area (Å²) in [5, 5.41) is 22.5. The van der Waals surface area contributed by atoms with Gasteiger partial charge in [-0.05, 0) is 68.2 Å². The quantitative estimate of drug-likeness (QED) is 0.415. The predicted molar refractivity (Wildman–Crippen MR) is 123 cm³/mol. The topological polar surface area (TPSA) is 71.8 Å². The highest BCUT2D eigenvalue weighted by Crippen LogP contribution is 2.39. The number of aryl methyl sites for hydroxylation is 2. The van der Waals surface area contributed by atoms with Gasteiger partial charge in [0, 0.05) is 11.3 Å². The van der Waals surface area contributed by atoms with Gasteiger partial charge in [0.1, 0.15) is 39.9 Å². The van der Waals surface area contributed by atoms with Crippen molar-refractivity contribution in [3.8, 4) is 5.75 Å². The average Bonchev–Trinajstić information content (AvgIpc) is 3.35. The van der Waals surface area contributed by atoms with Crippen molar-refractivity contribution in [1.29, 1.82) is 0 Å². The van der Waals surface area contributed by atoms with Gasteiger partial charge in [-0.1, -0.05) is 13.0 Å². The molecule has 2 N–H and O–H groups in total. The van der Waals surface area contributed by atoms with Crippen LogP contribution in [0, 0.1) is 18.8 Å². The molecular formula is C22H30INO4S. The fourth-order valence-electron chi connectivity index (χ4n) is 4.16. The van der Waals surface area contributed by atoms with E-state index in [2.05, 4.69) is 31.0 Å². The van der Waals surface area contributed by atoms with E-state index in [4.69, 9.17) is 7.80 Å². The summed E-state index contributed by atoms with van der Waals surface area (Å²) in [4.78, 5) is 4.44. The predicted octanol–water partition coefficient (Wildman–Crippen LogP) is 5.16. The Labute approximate surface area is 191 Å². The minimum Gasteiger partial charge on any atom is -0.493 e. The first-order valence-electron chi connectivity index (χ1n) is 10.3. The summed E-state index contributed by atoms with van der Waals surface area (Å²) in [6.45, 7) is 4.77. The lowest BCUT2D eigenvalue weighted by atomic mass is 9.90. The molecule has 0 spiro atoms. The van der Waals surface area contributed by atoms with E-state index >= 15 is 0 Å². The zero-order chi connectivity index (χ0) is 20.8. The lowest BCUT2D eigenvalue weighted by Crippen LogP contribution is -2.26. The number of aromatic nitrogens is 1. The van der Waals surface area contributed by atoms with Crippen molar-refractivity contribution < 1.29 is 18.0 Å². The van der Waals surface area contributed by atoms with Crippen molar-refractivity contribution in [1.82, 2.24) is 4.98 Å². The molecule has 1 aromatic carbocycles. The number of aliphatic hydroxyl groups excluding tert-OH is 2. The van der Waals surface area contributed by atoms with Crippen molar-refractivity contribution >= 4 is 34.3 Å². The Hall–Kier alpha value is -0.740. The minimum atomic E-state index is -0.309. The van der Waals surface area contributed by atoms with E-state index in [1.54, 1.807) is 0 Å². The van der Waals surface area contributed by atoms with E-state index in [-0.39, 0.29) is 24.7 Å². The smallest absolute Gasteiger partial charge is 0.123 e. The van der Waals surface area contributed by atoms with Crippen LogP contribution in [0.4, 0.5) is 0 Å². The highest BCUT2D eigenvalue weighted by atomic mass is 127. The molecular weight excluding hydrogens is 501 g/mol. The van der Waals surface area contributed by atoms with Crippen LogP contribution in [-0.4, -0.2) is 27.9 Å². The van der Waals surface area contributed by atoms with Gasteiger partial charge in [-0.15, -0.1) is 11.3 Å². The molecule has 7 heteroatoms. The standard InChI is InChI=1S/C22H30INO4S/c1-3-15-10-18(7-4-14(15)2)27-12-19-16(5-8-20(19)26)6-9-21(28-23)22-24-17(11-25)13-29-22/h4,7,10,13,16,19-21,25-26H,3,5-6,8-9,11-12H2,1-2H3/t16-,19-,20-,21-/m1/s1. The first-order valence-corrected chi connectivity index (χ1v) is 12.0. The molecule has 0 radical (unpaired) electrons. The van der Waals surface area contributed by atoms with Gasteiger partial charge < -0.3 is 18.0 Å². The van der Waals surface area contributed by atoms with Crippen molar-refractivity contribution in [3.05, 3.63) is 45.4 Å². The number of hydrogen-bond donors (Lipinski definition) is 2. The second-order valence-electron chi connectivity index (χ2n) is 7.81. The number of rotatable bonds is 10. The minimum absolute atomic E-state index is 0.0442. The lowest BCUT2D eigenvalue weighted by molar-refractivity contribution is 0.0755. The van der Waals surface area contributed by atoms with Gasteiger partial charge in [-0.3, -0.25) is 0 Å². The van der Waals surface area contributed by atoms with Crippen LogP contribution in [-0.2, 0) is 16.1 Å². The summed E-state index contributed by atoms with van der Waals surface area (Å²) in [5.41, 5.74) is 3.28. The average molecular weight is 531 g/mol. The molecule has 3 rings (SSSR count). The SMILES string of the molecule is CCc1cc(OC[C@@H]2[C@@H](CC[C@@H](OI)c3nc(CO)cs3)CC[C@H]2O)ccc1C. The first-order chi connectivity index (χ1) is 14.0. The number of hydrogen-bond acceptors (Lipinski definition) is 6. The summed E-state index contributed by atoms with van der Waals surface area (Å²) >= 11 is 3.46. The Morgan fingerprint density at radius 3 is 2.86 bits per heavy atom. The third-order valence-corrected chi connectivity index (χ3v) is 7.59. The van der Waals surface area contributed by atoms with E-state index in [0.29, 0.717) is 18.2 Å². The summed E-state index contributed by atoms with van der Waals surface area (Å²) in [6.07, 6.45) is 4.25. The van der Waals surface area contributed by atoms with E-state index in [1.807, 2.05) is 34.5 Å². The molecule has 160 valence electrons. The molecule has 0 amide bonds. The molecule has 0 bridgehead atoms. The Bertz CT molecular complexity index is 784.